The number of alkyl halides is 3. The van der Waals surface area contributed by atoms with Crippen LogP contribution in [0.25, 0.3) is 0 Å². The van der Waals surface area contributed by atoms with E-state index in [1.165, 1.54) is 12.1 Å². The first-order valence-electron chi connectivity index (χ1n) is 5.54. The maximum Gasteiger partial charge on any atom is 0.416 e. The van der Waals surface area contributed by atoms with Crippen LogP contribution in [0.15, 0.2) is 35.3 Å². The molecule has 0 amide bonds. The molecule has 4 nitrogen and oxygen atoms in total. The maximum atomic E-state index is 12.6. The number of aromatic amines is 1. The van der Waals surface area contributed by atoms with Gasteiger partial charge in [0.25, 0.3) is 5.56 Å². The fraction of sp³-hybridized carbons (Fsp3) is 0.154. The summed E-state index contributed by atoms with van der Waals surface area (Å²) in [5.74, 6) is 0.202. The van der Waals surface area contributed by atoms with Gasteiger partial charge in [0, 0.05) is 6.42 Å². The summed E-state index contributed by atoms with van der Waals surface area (Å²) in [5, 5.41) is 8.59. The van der Waals surface area contributed by atoms with E-state index in [0.717, 1.165) is 18.3 Å². The molecule has 20 heavy (non-hydrogen) atoms. The molecule has 2 aromatic rings. The fourth-order valence-electron chi connectivity index (χ4n) is 1.65. The van der Waals surface area contributed by atoms with Gasteiger partial charge in [-0.15, -0.1) is 0 Å². The zero-order valence-corrected chi connectivity index (χ0v) is 10.0. The Hall–Kier alpha value is -2.62. The molecule has 0 radical (unpaired) electrons. The summed E-state index contributed by atoms with van der Waals surface area (Å²) in [4.78, 5) is 17.6. The average Bonchev–Trinajstić information content (AvgIpc) is 2.38. The number of nitrogens with zero attached hydrogens (tertiary/aromatic N) is 2. The van der Waals surface area contributed by atoms with Crippen LogP contribution in [0.1, 0.15) is 22.5 Å². The third kappa shape index (κ3) is 3.03. The van der Waals surface area contributed by atoms with Gasteiger partial charge in [-0.25, -0.2) is 4.98 Å². The Morgan fingerprint density at radius 2 is 2.10 bits per heavy atom. The SMILES string of the molecule is N#Cc1cnc(Cc2cccc(C(F)(F)F)c2)[nH]c1=O. The molecule has 0 aliphatic heterocycles. The highest BCUT2D eigenvalue weighted by Crippen LogP contribution is 2.29. The molecule has 0 aliphatic rings. The molecular weight excluding hydrogens is 271 g/mol. The Morgan fingerprint density at radius 1 is 1.35 bits per heavy atom. The number of aromatic nitrogens is 2. The van der Waals surface area contributed by atoms with Crippen molar-refractivity contribution in [2.24, 2.45) is 0 Å². The van der Waals surface area contributed by atoms with Crippen LogP contribution in [-0.4, -0.2) is 9.97 Å². The van der Waals surface area contributed by atoms with Crippen molar-refractivity contribution in [1.82, 2.24) is 9.97 Å². The smallest absolute Gasteiger partial charge is 0.309 e. The van der Waals surface area contributed by atoms with Crippen molar-refractivity contribution in [2.75, 3.05) is 0 Å². The van der Waals surface area contributed by atoms with E-state index in [1.807, 2.05) is 0 Å². The Kier molecular flexibility index (Phi) is 3.57. The minimum atomic E-state index is -4.42. The lowest BCUT2D eigenvalue weighted by Gasteiger charge is -2.08. The molecule has 0 bridgehead atoms. The number of H-pyrrole nitrogens is 1. The van der Waals surface area contributed by atoms with Gasteiger partial charge < -0.3 is 4.98 Å². The minimum absolute atomic E-state index is 0.0465. The summed E-state index contributed by atoms with van der Waals surface area (Å²) < 4.78 is 37.7. The summed E-state index contributed by atoms with van der Waals surface area (Å²) >= 11 is 0. The lowest BCUT2D eigenvalue weighted by atomic mass is 10.1. The fourth-order valence-corrected chi connectivity index (χ4v) is 1.65. The van der Waals surface area contributed by atoms with Gasteiger partial charge in [0.15, 0.2) is 0 Å². The summed E-state index contributed by atoms with van der Waals surface area (Å²) in [6, 6.07) is 6.43. The molecule has 0 atom stereocenters. The topological polar surface area (TPSA) is 69.5 Å². The van der Waals surface area contributed by atoms with Gasteiger partial charge in [-0.1, -0.05) is 18.2 Å². The van der Waals surface area contributed by atoms with E-state index < -0.39 is 17.3 Å². The number of nitriles is 1. The predicted octanol–water partition coefficient (Wildman–Crippen LogP) is 2.25. The quantitative estimate of drug-likeness (QED) is 0.916. The Labute approximate surface area is 111 Å². The molecule has 0 spiro atoms. The molecular formula is C13H8F3N3O. The van der Waals surface area contributed by atoms with Crippen molar-refractivity contribution in [3.8, 4) is 6.07 Å². The van der Waals surface area contributed by atoms with E-state index in [2.05, 4.69) is 9.97 Å². The lowest BCUT2D eigenvalue weighted by Crippen LogP contribution is -2.14. The highest BCUT2D eigenvalue weighted by Gasteiger charge is 2.30. The van der Waals surface area contributed by atoms with Crippen LogP contribution in [0.4, 0.5) is 13.2 Å². The van der Waals surface area contributed by atoms with Crippen molar-refractivity contribution in [1.29, 1.82) is 5.26 Å². The third-order valence-corrected chi connectivity index (χ3v) is 2.60. The molecule has 7 heteroatoms. The molecule has 2 rings (SSSR count). The molecule has 102 valence electrons. The van der Waals surface area contributed by atoms with E-state index in [0.29, 0.717) is 5.56 Å². The second-order valence-corrected chi connectivity index (χ2v) is 4.06. The monoisotopic (exact) mass is 279 g/mol. The maximum absolute atomic E-state index is 12.6. The van der Waals surface area contributed by atoms with Gasteiger partial charge in [-0.05, 0) is 11.6 Å². The zero-order chi connectivity index (χ0) is 14.8. The summed E-state index contributed by atoms with van der Waals surface area (Å²) in [5.41, 5.74) is -1.14. The molecule has 0 saturated heterocycles. The van der Waals surface area contributed by atoms with Gasteiger partial charge in [0.05, 0.1) is 11.8 Å². The highest BCUT2D eigenvalue weighted by atomic mass is 19.4. The molecule has 1 heterocycles. The number of benzene rings is 1. The largest absolute Gasteiger partial charge is 0.416 e. The van der Waals surface area contributed by atoms with Crippen LogP contribution in [0, 0.1) is 11.3 Å². The van der Waals surface area contributed by atoms with Crippen molar-refractivity contribution in [3.05, 3.63) is 63.3 Å². The number of halogens is 3. The van der Waals surface area contributed by atoms with E-state index in [1.54, 1.807) is 6.07 Å². The van der Waals surface area contributed by atoms with Crippen LogP contribution in [0.5, 0.6) is 0 Å². The van der Waals surface area contributed by atoms with Gasteiger partial charge in [-0.3, -0.25) is 4.79 Å². The Bertz CT molecular complexity index is 729. The number of hydrogen-bond donors (Lipinski definition) is 1. The van der Waals surface area contributed by atoms with Crippen molar-refractivity contribution < 1.29 is 13.2 Å². The average molecular weight is 279 g/mol. The first-order chi connectivity index (χ1) is 9.40. The second-order valence-electron chi connectivity index (χ2n) is 4.06. The minimum Gasteiger partial charge on any atom is -0.309 e. The second kappa shape index (κ2) is 5.17. The lowest BCUT2D eigenvalue weighted by molar-refractivity contribution is -0.137. The molecule has 1 aromatic carbocycles. The number of rotatable bonds is 2. The molecule has 1 N–H and O–H groups in total. The first kappa shape index (κ1) is 13.8. The summed E-state index contributed by atoms with van der Waals surface area (Å²) in [7, 11) is 0. The van der Waals surface area contributed by atoms with Crippen LogP contribution >= 0.6 is 0 Å². The standard InChI is InChI=1S/C13H8F3N3O/c14-13(15,16)10-3-1-2-8(4-10)5-11-18-7-9(6-17)12(20)19-11/h1-4,7H,5H2,(H,18,19,20). The van der Waals surface area contributed by atoms with Gasteiger partial charge in [-0.2, -0.15) is 18.4 Å². The van der Waals surface area contributed by atoms with E-state index >= 15 is 0 Å². The molecule has 0 unspecified atom stereocenters. The third-order valence-electron chi connectivity index (χ3n) is 2.60. The highest BCUT2D eigenvalue weighted by molar-refractivity contribution is 5.28. The van der Waals surface area contributed by atoms with Crippen molar-refractivity contribution >= 4 is 0 Å². The Morgan fingerprint density at radius 3 is 2.70 bits per heavy atom. The van der Waals surface area contributed by atoms with Crippen LogP contribution in [0.3, 0.4) is 0 Å². The van der Waals surface area contributed by atoms with Crippen molar-refractivity contribution in [3.63, 3.8) is 0 Å². The summed E-state index contributed by atoms with van der Waals surface area (Å²) in [6.45, 7) is 0. The van der Waals surface area contributed by atoms with Crippen LogP contribution in [0.2, 0.25) is 0 Å². The molecule has 0 aliphatic carbocycles. The van der Waals surface area contributed by atoms with Gasteiger partial charge in [0.2, 0.25) is 0 Å². The predicted molar refractivity (Wildman–Crippen MR) is 63.8 cm³/mol. The van der Waals surface area contributed by atoms with Crippen molar-refractivity contribution in [2.45, 2.75) is 12.6 Å². The first-order valence-corrected chi connectivity index (χ1v) is 5.54. The van der Waals surface area contributed by atoms with E-state index in [9.17, 15) is 18.0 Å². The normalized spacial score (nSPS) is 11.1. The number of hydrogen-bond acceptors (Lipinski definition) is 3. The Balaban J connectivity index is 2.29. The number of nitrogens with one attached hydrogen (secondary N) is 1. The molecule has 0 saturated carbocycles. The van der Waals surface area contributed by atoms with Crippen LogP contribution < -0.4 is 5.56 Å². The van der Waals surface area contributed by atoms with Crippen LogP contribution in [-0.2, 0) is 12.6 Å². The van der Waals surface area contributed by atoms with E-state index in [-0.39, 0.29) is 17.8 Å². The van der Waals surface area contributed by atoms with Gasteiger partial charge >= 0.3 is 6.18 Å². The molecule has 1 aromatic heterocycles. The molecule has 0 fully saturated rings. The zero-order valence-electron chi connectivity index (χ0n) is 10.0. The summed E-state index contributed by atoms with van der Waals surface area (Å²) in [6.07, 6.45) is -3.27. The van der Waals surface area contributed by atoms with Gasteiger partial charge in [0.1, 0.15) is 17.5 Å². The van der Waals surface area contributed by atoms with E-state index in [4.69, 9.17) is 5.26 Å².